The van der Waals surface area contributed by atoms with E-state index in [-0.39, 0.29) is 11.8 Å². The lowest BCUT2D eigenvalue weighted by atomic mass is 10.0. The van der Waals surface area contributed by atoms with E-state index in [1.54, 1.807) is 48.5 Å². The first-order valence-electron chi connectivity index (χ1n) is 17.2. The van der Waals surface area contributed by atoms with Crippen molar-refractivity contribution in [2.24, 2.45) is 0 Å². The van der Waals surface area contributed by atoms with Crippen LogP contribution in [0.2, 0.25) is 0 Å². The summed E-state index contributed by atoms with van der Waals surface area (Å²) >= 11 is 1.92. The molecule has 268 valence electrons. The first kappa shape index (κ1) is 36.4. The van der Waals surface area contributed by atoms with Crippen LogP contribution in [0.1, 0.15) is 37.4 Å². The molecule has 2 saturated heterocycles. The van der Waals surface area contributed by atoms with Crippen molar-refractivity contribution < 1.29 is 27.5 Å². The fourth-order valence-corrected chi connectivity index (χ4v) is 7.17. The van der Waals surface area contributed by atoms with Gasteiger partial charge in [-0.05, 0) is 78.6 Å². The van der Waals surface area contributed by atoms with Gasteiger partial charge in [0.1, 0.15) is 0 Å². The van der Waals surface area contributed by atoms with Gasteiger partial charge in [0.15, 0.2) is 0 Å². The molecular weight excluding hydrogens is 676 g/mol. The molecule has 0 atom stereocenters. The summed E-state index contributed by atoms with van der Waals surface area (Å²) in [5.74, 6) is 1.53. The molecule has 0 bridgehead atoms. The highest BCUT2D eigenvalue weighted by atomic mass is 32.2. The third-order valence-electron chi connectivity index (χ3n) is 9.26. The fourth-order valence-electron chi connectivity index (χ4n) is 6.27. The highest BCUT2D eigenvalue weighted by molar-refractivity contribution is 7.99. The molecule has 1 N–H and O–H groups in total. The molecule has 0 radical (unpaired) electrons. The van der Waals surface area contributed by atoms with E-state index in [2.05, 4.69) is 20.1 Å². The third kappa shape index (κ3) is 9.69. The van der Waals surface area contributed by atoms with Gasteiger partial charge in [0.05, 0.1) is 30.2 Å². The number of amides is 2. The number of anilines is 2. The maximum Gasteiger partial charge on any atom is 0.416 e. The molecule has 51 heavy (non-hydrogen) atoms. The Balaban J connectivity index is 1.21. The summed E-state index contributed by atoms with van der Waals surface area (Å²) in [4.78, 5) is 37.9. The monoisotopic (exact) mass is 717 g/mol. The van der Waals surface area contributed by atoms with E-state index in [0.29, 0.717) is 60.7 Å². The van der Waals surface area contributed by atoms with E-state index < -0.39 is 11.7 Å². The lowest BCUT2D eigenvalue weighted by molar-refractivity contribution is -0.137. The molecule has 3 heterocycles. The molecule has 0 aliphatic carbocycles. The number of likely N-dealkylation sites (N-methyl/N-ethyl adjacent to an activating group) is 1. The predicted octanol–water partition coefficient (Wildman–Crippen LogP) is 6.76. The number of pyridine rings is 1. The maximum atomic E-state index is 13.7. The van der Waals surface area contributed by atoms with E-state index in [0.717, 1.165) is 67.1 Å². The van der Waals surface area contributed by atoms with Crippen molar-refractivity contribution in [1.29, 1.82) is 0 Å². The quantitative estimate of drug-likeness (QED) is 0.184. The highest BCUT2D eigenvalue weighted by Crippen LogP contribution is 2.34. The van der Waals surface area contributed by atoms with Crippen molar-refractivity contribution in [3.8, 4) is 11.3 Å². The summed E-state index contributed by atoms with van der Waals surface area (Å²) in [5, 5.41) is 3.07. The fraction of sp³-hybridized carbons (Fsp3) is 0.359. The van der Waals surface area contributed by atoms with Crippen LogP contribution in [0.25, 0.3) is 11.3 Å². The number of hydrogen-bond donors (Lipinski definition) is 1. The predicted molar refractivity (Wildman–Crippen MR) is 197 cm³/mol. The number of morpholine rings is 1. The van der Waals surface area contributed by atoms with E-state index in [1.807, 2.05) is 42.1 Å². The smallest absolute Gasteiger partial charge is 0.379 e. The van der Waals surface area contributed by atoms with Crippen LogP contribution in [0.4, 0.5) is 24.5 Å². The number of alkyl halides is 3. The Morgan fingerprint density at radius 2 is 1.61 bits per heavy atom. The molecule has 1 aromatic heterocycles. The molecule has 8 nitrogen and oxygen atoms in total. The zero-order chi connectivity index (χ0) is 35.8. The standard InChI is InChI=1S/C39H42F3N5O3S/c1-45(14-15-46-16-20-50-21-17-46)38(49)31-6-3-5-30(26-31)37(48)44-35-11-10-33(47-18-22-51-23-19-47)27-34(35)36-25-29(12-13-43-36)9-8-28-4-2-7-32(24-28)39(40,41)42/h2-7,10-13,24-27H,8-9,14-23H2,1H3,(H,44,48). The maximum absolute atomic E-state index is 13.7. The average Bonchev–Trinajstić information content (AvgIpc) is 3.16. The lowest BCUT2D eigenvalue weighted by Crippen LogP contribution is -2.41. The molecule has 2 aliphatic rings. The van der Waals surface area contributed by atoms with Crippen LogP contribution < -0.4 is 10.2 Å². The summed E-state index contributed by atoms with van der Waals surface area (Å²) < 4.78 is 45.3. The molecule has 2 aliphatic heterocycles. The van der Waals surface area contributed by atoms with Crippen LogP contribution in [0.5, 0.6) is 0 Å². The Morgan fingerprint density at radius 3 is 2.37 bits per heavy atom. The number of carbonyl (C=O) groups is 2. The Morgan fingerprint density at radius 1 is 0.882 bits per heavy atom. The van der Waals surface area contributed by atoms with Crippen molar-refractivity contribution in [1.82, 2.24) is 14.8 Å². The summed E-state index contributed by atoms with van der Waals surface area (Å²) in [6.07, 6.45) is -1.75. The normalized spacial score (nSPS) is 15.4. The van der Waals surface area contributed by atoms with E-state index >= 15 is 0 Å². The number of aromatic nitrogens is 1. The number of nitrogens with one attached hydrogen (secondary N) is 1. The number of carbonyl (C=O) groups excluding carboxylic acids is 2. The molecule has 3 aromatic carbocycles. The largest absolute Gasteiger partial charge is 0.416 e. The van der Waals surface area contributed by atoms with Crippen LogP contribution in [0.15, 0.2) is 85.1 Å². The topological polar surface area (TPSA) is 78.0 Å². The van der Waals surface area contributed by atoms with Crippen LogP contribution in [0.3, 0.4) is 0 Å². The summed E-state index contributed by atoms with van der Waals surface area (Å²) in [6, 6.07) is 21.9. The number of benzene rings is 3. The minimum absolute atomic E-state index is 0.159. The number of halogens is 3. The van der Waals surface area contributed by atoms with Crippen molar-refractivity contribution in [3.05, 3.63) is 113 Å². The van der Waals surface area contributed by atoms with Crippen molar-refractivity contribution in [2.75, 3.05) is 81.3 Å². The van der Waals surface area contributed by atoms with Crippen molar-refractivity contribution in [3.63, 3.8) is 0 Å². The minimum atomic E-state index is -4.39. The zero-order valence-electron chi connectivity index (χ0n) is 28.6. The van der Waals surface area contributed by atoms with Crippen LogP contribution >= 0.6 is 11.8 Å². The molecule has 2 fully saturated rings. The molecule has 0 spiro atoms. The number of aryl methyl sites for hydroxylation is 2. The SMILES string of the molecule is CN(CCN1CCOCC1)C(=O)c1cccc(C(=O)Nc2ccc(N3CCSCC3)cc2-c2cc(CCc3cccc(C(F)(F)F)c3)ccn2)c1. The molecule has 12 heteroatoms. The number of hydrogen-bond acceptors (Lipinski definition) is 7. The first-order chi connectivity index (χ1) is 24.6. The van der Waals surface area contributed by atoms with Crippen molar-refractivity contribution >= 4 is 35.0 Å². The molecular formula is C39H42F3N5O3S. The van der Waals surface area contributed by atoms with Gasteiger partial charge in [0.25, 0.3) is 11.8 Å². The van der Waals surface area contributed by atoms with E-state index in [9.17, 15) is 22.8 Å². The number of ether oxygens (including phenoxy) is 1. The highest BCUT2D eigenvalue weighted by Gasteiger charge is 2.30. The minimum Gasteiger partial charge on any atom is -0.379 e. The number of nitrogens with zero attached hydrogens (tertiary/aromatic N) is 4. The number of thioether (sulfide) groups is 1. The molecule has 2 amide bonds. The van der Waals surface area contributed by atoms with E-state index in [1.165, 1.54) is 12.1 Å². The van der Waals surface area contributed by atoms with Gasteiger partial charge in [-0.1, -0.05) is 24.3 Å². The number of rotatable bonds is 11. The molecule has 0 unspecified atom stereocenters. The first-order valence-corrected chi connectivity index (χ1v) is 18.3. The van der Waals surface area contributed by atoms with Crippen molar-refractivity contribution in [2.45, 2.75) is 19.0 Å². The summed E-state index contributed by atoms with van der Waals surface area (Å²) in [5.41, 5.74) is 4.61. The van der Waals surface area contributed by atoms with Gasteiger partial charge in [0, 0.05) is 86.4 Å². The Hall–Kier alpha value is -4.39. The Labute approximate surface area is 301 Å². The van der Waals surface area contributed by atoms with Crippen LogP contribution in [-0.2, 0) is 23.8 Å². The Kier molecular flexibility index (Phi) is 12.0. The van der Waals surface area contributed by atoms with Gasteiger partial charge < -0.3 is 19.9 Å². The van der Waals surface area contributed by atoms with Crippen LogP contribution in [-0.4, -0.2) is 97.6 Å². The average molecular weight is 718 g/mol. The Bertz CT molecular complexity index is 1830. The van der Waals surface area contributed by atoms with Gasteiger partial charge in [-0.15, -0.1) is 0 Å². The third-order valence-corrected chi connectivity index (χ3v) is 10.2. The molecule has 6 rings (SSSR count). The van der Waals surface area contributed by atoms with E-state index in [4.69, 9.17) is 4.74 Å². The second-order valence-electron chi connectivity index (χ2n) is 12.8. The van der Waals surface area contributed by atoms with Gasteiger partial charge in [0.2, 0.25) is 0 Å². The second-order valence-corrected chi connectivity index (χ2v) is 14.0. The second kappa shape index (κ2) is 16.8. The van der Waals surface area contributed by atoms with Gasteiger partial charge >= 0.3 is 6.18 Å². The molecule has 4 aromatic rings. The van der Waals surface area contributed by atoms with Gasteiger partial charge in [-0.2, -0.15) is 24.9 Å². The summed E-state index contributed by atoms with van der Waals surface area (Å²) in [7, 11) is 1.77. The van der Waals surface area contributed by atoms with Gasteiger partial charge in [-0.3, -0.25) is 19.5 Å². The zero-order valence-corrected chi connectivity index (χ0v) is 29.4. The lowest BCUT2D eigenvalue weighted by Gasteiger charge is -2.29. The summed E-state index contributed by atoms with van der Waals surface area (Å²) in [6.45, 7) is 6.20. The van der Waals surface area contributed by atoms with Gasteiger partial charge in [-0.25, -0.2) is 0 Å². The van der Waals surface area contributed by atoms with Crippen LogP contribution in [0, 0.1) is 0 Å². The molecule has 0 saturated carbocycles.